The van der Waals surface area contributed by atoms with Gasteiger partial charge in [-0.3, -0.25) is 0 Å². The van der Waals surface area contributed by atoms with E-state index in [1.54, 1.807) is 0 Å². The maximum absolute atomic E-state index is 9.58. The third kappa shape index (κ3) is 3.25. The third-order valence-electron chi connectivity index (χ3n) is 3.89. The minimum absolute atomic E-state index is 0.218. The minimum atomic E-state index is 0.218. The number of thiocarbonyl (C=S) groups is 1. The fourth-order valence-electron chi connectivity index (χ4n) is 2.81. The van der Waals surface area contributed by atoms with Crippen molar-refractivity contribution in [1.29, 1.82) is 0 Å². The second-order valence-corrected chi connectivity index (χ2v) is 5.68. The van der Waals surface area contributed by atoms with Crippen LogP contribution in [0.1, 0.15) is 36.8 Å². The standard InChI is InChI=1S/C15H22N2OS/c1-11-9-12(6-7-14(11)15(16)19)17-8-4-2-3-5-13(17)10-18/h6-7,9,13,18H,2-5,8,10H2,1H3,(H2,16,19). The Bertz CT molecular complexity index is 461. The number of aliphatic hydroxyl groups excluding tert-OH is 1. The molecule has 1 aliphatic rings. The van der Waals surface area contributed by atoms with Gasteiger partial charge in [0.15, 0.2) is 0 Å². The molecule has 0 radical (unpaired) electrons. The fourth-order valence-corrected chi connectivity index (χ4v) is 3.04. The van der Waals surface area contributed by atoms with Gasteiger partial charge in [0, 0.05) is 17.8 Å². The van der Waals surface area contributed by atoms with Gasteiger partial charge in [-0.2, -0.15) is 0 Å². The molecule has 0 spiro atoms. The van der Waals surface area contributed by atoms with E-state index >= 15 is 0 Å². The molecule has 3 nitrogen and oxygen atoms in total. The van der Waals surface area contributed by atoms with Crippen LogP contribution in [0.25, 0.3) is 0 Å². The highest BCUT2D eigenvalue weighted by atomic mass is 32.1. The molecule has 1 saturated heterocycles. The summed E-state index contributed by atoms with van der Waals surface area (Å²) >= 11 is 5.04. The number of hydrogen-bond donors (Lipinski definition) is 2. The molecule has 0 aromatic heterocycles. The minimum Gasteiger partial charge on any atom is -0.394 e. The molecule has 1 aliphatic heterocycles. The first-order chi connectivity index (χ1) is 9.13. The largest absolute Gasteiger partial charge is 0.394 e. The van der Waals surface area contributed by atoms with Crippen LogP contribution < -0.4 is 10.6 Å². The van der Waals surface area contributed by atoms with Gasteiger partial charge in [0.2, 0.25) is 0 Å². The number of hydrogen-bond acceptors (Lipinski definition) is 3. The second kappa shape index (κ2) is 6.35. The summed E-state index contributed by atoms with van der Waals surface area (Å²) < 4.78 is 0. The van der Waals surface area contributed by atoms with Crippen molar-refractivity contribution in [2.45, 2.75) is 38.6 Å². The van der Waals surface area contributed by atoms with E-state index in [0.29, 0.717) is 4.99 Å². The molecule has 4 heteroatoms. The van der Waals surface area contributed by atoms with Crippen LogP contribution in [-0.2, 0) is 0 Å². The summed E-state index contributed by atoms with van der Waals surface area (Å²) in [5.41, 5.74) is 8.91. The van der Waals surface area contributed by atoms with Crippen molar-refractivity contribution in [1.82, 2.24) is 0 Å². The Morgan fingerprint density at radius 3 is 2.84 bits per heavy atom. The Hall–Kier alpha value is -1.13. The first-order valence-corrected chi connectivity index (χ1v) is 7.32. The summed E-state index contributed by atoms with van der Waals surface area (Å²) in [7, 11) is 0. The van der Waals surface area contributed by atoms with Crippen molar-refractivity contribution in [2.24, 2.45) is 5.73 Å². The highest BCUT2D eigenvalue weighted by molar-refractivity contribution is 7.80. The second-order valence-electron chi connectivity index (χ2n) is 5.24. The highest BCUT2D eigenvalue weighted by Gasteiger charge is 2.21. The van der Waals surface area contributed by atoms with E-state index < -0.39 is 0 Å². The molecule has 3 N–H and O–H groups in total. The molecule has 1 fully saturated rings. The SMILES string of the molecule is Cc1cc(N2CCCCCC2CO)ccc1C(N)=S. The molecule has 0 amide bonds. The quantitative estimate of drug-likeness (QED) is 0.834. The van der Waals surface area contributed by atoms with Gasteiger partial charge in [-0.1, -0.05) is 25.1 Å². The van der Waals surface area contributed by atoms with Crippen LogP contribution in [0, 0.1) is 6.92 Å². The van der Waals surface area contributed by atoms with E-state index in [1.807, 2.05) is 13.0 Å². The molecular formula is C15H22N2OS. The van der Waals surface area contributed by atoms with Crippen LogP contribution in [0.3, 0.4) is 0 Å². The molecule has 1 atom stereocenters. The predicted molar refractivity (Wildman–Crippen MR) is 83.8 cm³/mol. The van der Waals surface area contributed by atoms with Crippen LogP contribution in [-0.4, -0.2) is 29.3 Å². The number of aryl methyl sites for hydroxylation is 1. The molecule has 0 saturated carbocycles. The van der Waals surface area contributed by atoms with E-state index in [2.05, 4.69) is 17.0 Å². The summed E-state index contributed by atoms with van der Waals surface area (Å²) in [6.45, 7) is 3.26. The number of anilines is 1. The Labute approximate surface area is 120 Å². The van der Waals surface area contributed by atoms with Gasteiger partial charge in [-0.15, -0.1) is 0 Å². The summed E-state index contributed by atoms with van der Waals surface area (Å²) in [6.07, 6.45) is 4.70. The Morgan fingerprint density at radius 2 is 2.21 bits per heavy atom. The van der Waals surface area contributed by atoms with E-state index in [4.69, 9.17) is 18.0 Å². The number of aliphatic hydroxyl groups is 1. The zero-order chi connectivity index (χ0) is 13.8. The first kappa shape index (κ1) is 14.3. The van der Waals surface area contributed by atoms with Crippen LogP contribution in [0.15, 0.2) is 18.2 Å². The zero-order valence-corrected chi connectivity index (χ0v) is 12.2. The van der Waals surface area contributed by atoms with Gasteiger partial charge >= 0.3 is 0 Å². The lowest BCUT2D eigenvalue weighted by Gasteiger charge is -2.31. The maximum Gasteiger partial charge on any atom is 0.104 e. The van der Waals surface area contributed by atoms with Gasteiger partial charge in [0.1, 0.15) is 4.99 Å². The topological polar surface area (TPSA) is 49.5 Å². The molecule has 19 heavy (non-hydrogen) atoms. The Balaban J connectivity index is 2.28. The van der Waals surface area contributed by atoms with E-state index in [1.165, 1.54) is 24.9 Å². The molecule has 1 aromatic carbocycles. The lowest BCUT2D eigenvalue weighted by molar-refractivity contribution is 0.255. The molecule has 0 aliphatic carbocycles. The number of rotatable bonds is 3. The lowest BCUT2D eigenvalue weighted by atomic mass is 10.1. The molecule has 2 rings (SSSR count). The summed E-state index contributed by atoms with van der Waals surface area (Å²) in [5, 5.41) is 9.58. The van der Waals surface area contributed by atoms with Crippen molar-refractivity contribution in [2.75, 3.05) is 18.1 Å². The average Bonchev–Trinajstić information content (AvgIpc) is 2.63. The molecule has 1 heterocycles. The summed E-state index contributed by atoms with van der Waals surface area (Å²) in [5.74, 6) is 0. The van der Waals surface area contributed by atoms with Crippen molar-refractivity contribution >= 4 is 22.9 Å². The van der Waals surface area contributed by atoms with Gasteiger partial charge < -0.3 is 15.7 Å². The first-order valence-electron chi connectivity index (χ1n) is 6.91. The van der Waals surface area contributed by atoms with Crippen molar-refractivity contribution in [3.8, 4) is 0 Å². The normalized spacial score (nSPS) is 20.1. The van der Waals surface area contributed by atoms with Crippen LogP contribution in [0.4, 0.5) is 5.69 Å². The molecule has 104 valence electrons. The third-order valence-corrected chi connectivity index (χ3v) is 4.11. The van der Waals surface area contributed by atoms with Gasteiger partial charge in [0.25, 0.3) is 0 Å². The van der Waals surface area contributed by atoms with Gasteiger partial charge in [-0.05, 0) is 43.5 Å². The van der Waals surface area contributed by atoms with Crippen molar-refractivity contribution in [3.63, 3.8) is 0 Å². The van der Waals surface area contributed by atoms with Crippen LogP contribution in [0.2, 0.25) is 0 Å². The number of nitrogens with zero attached hydrogens (tertiary/aromatic N) is 1. The van der Waals surface area contributed by atoms with Gasteiger partial charge in [-0.25, -0.2) is 0 Å². The molecule has 0 bridgehead atoms. The average molecular weight is 278 g/mol. The number of nitrogens with two attached hydrogens (primary N) is 1. The monoisotopic (exact) mass is 278 g/mol. The van der Waals surface area contributed by atoms with Crippen molar-refractivity contribution < 1.29 is 5.11 Å². The molecule has 1 aromatic rings. The van der Waals surface area contributed by atoms with E-state index in [0.717, 1.165) is 24.1 Å². The van der Waals surface area contributed by atoms with Gasteiger partial charge in [0.05, 0.1) is 12.6 Å². The Kier molecular flexibility index (Phi) is 4.77. The Morgan fingerprint density at radius 1 is 1.42 bits per heavy atom. The van der Waals surface area contributed by atoms with E-state index in [-0.39, 0.29) is 12.6 Å². The van der Waals surface area contributed by atoms with Crippen molar-refractivity contribution in [3.05, 3.63) is 29.3 Å². The lowest BCUT2D eigenvalue weighted by Crippen LogP contribution is -2.37. The van der Waals surface area contributed by atoms with Crippen LogP contribution >= 0.6 is 12.2 Å². The predicted octanol–water partition coefficient (Wildman–Crippen LogP) is 2.37. The maximum atomic E-state index is 9.58. The fraction of sp³-hybridized carbons (Fsp3) is 0.533. The zero-order valence-electron chi connectivity index (χ0n) is 11.4. The number of benzene rings is 1. The smallest absolute Gasteiger partial charge is 0.104 e. The van der Waals surface area contributed by atoms with Crippen LogP contribution in [0.5, 0.6) is 0 Å². The molecular weight excluding hydrogens is 256 g/mol. The van der Waals surface area contributed by atoms with E-state index in [9.17, 15) is 5.11 Å². The molecule has 1 unspecified atom stereocenters. The summed E-state index contributed by atoms with van der Waals surface area (Å²) in [6, 6.07) is 6.42. The summed E-state index contributed by atoms with van der Waals surface area (Å²) in [4.78, 5) is 2.77. The highest BCUT2D eigenvalue weighted by Crippen LogP contribution is 2.26.